The predicted molar refractivity (Wildman–Crippen MR) is 106 cm³/mol. The summed E-state index contributed by atoms with van der Waals surface area (Å²) in [5.74, 6) is -2.86. The lowest BCUT2D eigenvalue weighted by Gasteiger charge is -2.26. The van der Waals surface area contributed by atoms with Crippen LogP contribution in [0, 0.1) is 0 Å². The van der Waals surface area contributed by atoms with Crippen LogP contribution < -0.4 is 0 Å². The number of ether oxygens (including phenoxy) is 3. The van der Waals surface area contributed by atoms with Crippen LogP contribution in [0.5, 0.6) is 0 Å². The maximum atomic E-state index is 12.2. The number of carbonyl (C=O) groups excluding carboxylic acids is 3. The molecule has 0 saturated carbocycles. The highest BCUT2D eigenvalue weighted by atomic mass is 16.5. The van der Waals surface area contributed by atoms with Crippen molar-refractivity contribution in [3.8, 4) is 0 Å². The second-order valence-corrected chi connectivity index (χ2v) is 6.86. The molecule has 1 N–H and O–H groups in total. The number of carbonyl (C=O) groups is 3. The van der Waals surface area contributed by atoms with Crippen LogP contribution >= 0.6 is 0 Å². The minimum Gasteiger partial charge on any atom is -0.467 e. The first kappa shape index (κ1) is 26.1. The number of hydrogen-bond acceptors (Lipinski definition) is 7. The van der Waals surface area contributed by atoms with Crippen LogP contribution in [0.1, 0.15) is 77.6 Å². The molecule has 0 amide bonds. The molecule has 0 aromatic carbocycles. The number of rotatable bonds is 15. The maximum Gasteiger partial charge on any atom is 0.342 e. The van der Waals surface area contributed by atoms with Crippen molar-refractivity contribution < 1.29 is 33.7 Å². The molecule has 0 aliphatic heterocycles. The minimum absolute atomic E-state index is 0.0475. The second-order valence-electron chi connectivity index (χ2n) is 6.86. The average molecular weight is 401 g/mol. The molecule has 0 saturated heterocycles. The quantitative estimate of drug-likeness (QED) is 0.194. The summed E-state index contributed by atoms with van der Waals surface area (Å²) in [4.78, 5) is 35.8. The summed E-state index contributed by atoms with van der Waals surface area (Å²) in [7, 11) is 3.34. The monoisotopic (exact) mass is 400 g/mol. The third kappa shape index (κ3) is 9.35. The van der Waals surface area contributed by atoms with Gasteiger partial charge in [-0.2, -0.15) is 0 Å². The Morgan fingerprint density at radius 2 is 1.29 bits per heavy atom. The largest absolute Gasteiger partial charge is 0.467 e. The summed E-state index contributed by atoms with van der Waals surface area (Å²) in [6.45, 7) is 2.20. The average Bonchev–Trinajstić information content (AvgIpc) is 2.71. The fourth-order valence-corrected chi connectivity index (χ4v) is 3.02. The minimum atomic E-state index is -2.25. The Morgan fingerprint density at radius 1 is 0.786 bits per heavy atom. The standard InChI is InChI=1S/C21H36O7/c1-5-6-7-8-9-10-11-12-13-14-15-21(25,20(24)28-4)17(19(23)27-3)16-18(22)26-2/h16,25H,5-15H2,1-4H3/b17-16-/t21-/m1/s1. The van der Waals surface area contributed by atoms with Gasteiger partial charge >= 0.3 is 17.9 Å². The van der Waals surface area contributed by atoms with Gasteiger partial charge in [0, 0.05) is 6.08 Å². The fraction of sp³-hybridized carbons (Fsp3) is 0.762. The van der Waals surface area contributed by atoms with E-state index in [0.717, 1.165) is 46.7 Å². The van der Waals surface area contributed by atoms with Crippen LogP contribution in [-0.2, 0) is 28.6 Å². The van der Waals surface area contributed by atoms with Crippen LogP contribution in [0.25, 0.3) is 0 Å². The van der Waals surface area contributed by atoms with Gasteiger partial charge in [-0.3, -0.25) is 0 Å². The summed E-state index contributed by atoms with van der Waals surface area (Å²) in [5.41, 5.74) is -2.74. The van der Waals surface area contributed by atoms with Gasteiger partial charge in [-0.05, 0) is 12.8 Å². The molecular formula is C21H36O7. The maximum absolute atomic E-state index is 12.2. The highest BCUT2D eigenvalue weighted by Crippen LogP contribution is 2.27. The van der Waals surface area contributed by atoms with E-state index in [9.17, 15) is 19.5 Å². The normalized spacial score (nSPS) is 13.5. The number of methoxy groups -OCH3 is 3. The Balaban J connectivity index is 4.75. The zero-order valence-electron chi connectivity index (χ0n) is 17.8. The first-order valence-electron chi connectivity index (χ1n) is 10.1. The van der Waals surface area contributed by atoms with Gasteiger partial charge in [-0.25, -0.2) is 14.4 Å². The van der Waals surface area contributed by atoms with Gasteiger partial charge < -0.3 is 19.3 Å². The summed E-state index contributed by atoms with van der Waals surface area (Å²) < 4.78 is 13.8. The lowest BCUT2D eigenvalue weighted by molar-refractivity contribution is -0.162. The zero-order chi connectivity index (χ0) is 21.4. The van der Waals surface area contributed by atoms with Gasteiger partial charge in [0.15, 0.2) is 5.60 Å². The molecule has 1 atom stereocenters. The molecule has 0 heterocycles. The Labute approximate surface area is 168 Å². The molecule has 0 spiro atoms. The van der Waals surface area contributed by atoms with Crippen molar-refractivity contribution in [2.45, 2.75) is 83.2 Å². The molecule has 0 aromatic heterocycles. The van der Waals surface area contributed by atoms with Gasteiger partial charge in [-0.15, -0.1) is 0 Å². The summed E-state index contributed by atoms with van der Waals surface area (Å²) in [6.07, 6.45) is 11.5. The molecule has 0 aromatic rings. The van der Waals surface area contributed by atoms with Crippen molar-refractivity contribution in [3.05, 3.63) is 11.6 Å². The van der Waals surface area contributed by atoms with Crippen molar-refractivity contribution in [1.82, 2.24) is 0 Å². The number of hydrogen-bond donors (Lipinski definition) is 1. The molecule has 7 heteroatoms. The van der Waals surface area contributed by atoms with Gasteiger partial charge in [-0.1, -0.05) is 64.7 Å². The van der Waals surface area contributed by atoms with E-state index >= 15 is 0 Å². The summed E-state index contributed by atoms with van der Waals surface area (Å²) in [6, 6.07) is 0. The van der Waals surface area contributed by atoms with Gasteiger partial charge in [0.1, 0.15) is 0 Å². The van der Waals surface area contributed by atoms with E-state index in [2.05, 4.69) is 21.1 Å². The molecule has 7 nitrogen and oxygen atoms in total. The Hall–Kier alpha value is -1.89. The third-order valence-electron chi connectivity index (χ3n) is 4.73. The molecule has 0 bridgehead atoms. The van der Waals surface area contributed by atoms with E-state index < -0.39 is 29.1 Å². The lowest BCUT2D eigenvalue weighted by Crippen LogP contribution is -2.45. The van der Waals surface area contributed by atoms with E-state index in [1.807, 2.05) is 0 Å². The Bertz CT molecular complexity index is 513. The summed E-state index contributed by atoms with van der Waals surface area (Å²) in [5, 5.41) is 10.9. The third-order valence-corrected chi connectivity index (χ3v) is 4.73. The zero-order valence-corrected chi connectivity index (χ0v) is 17.8. The van der Waals surface area contributed by atoms with Crippen molar-refractivity contribution in [1.29, 1.82) is 0 Å². The first-order valence-corrected chi connectivity index (χ1v) is 10.1. The number of aliphatic hydroxyl groups is 1. The highest BCUT2D eigenvalue weighted by molar-refractivity contribution is 6.04. The van der Waals surface area contributed by atoms with Crippen LogP contribution in [0.2, 0.25) is 0 Å². The van der Waals surface area contributed by atoms with E-state index in [4.69, 9.17) is 0 Å². The number of esters is 3. The SMILES string of the molecule is CCCCCCCCCCCC[C@](O)(C(=O)OC)/C(=C\C(=O)OC)C(=O)OC. The van der Waals surface area contributed by atoms with Crippen molar-refractivity contribution in [3.63, 3.8) is 0 Å². The molecule has 0 aliphatic rings. The van der Waals surface area contributed by atoms with E-state index in [1.54, 1.807) is 0 Å². The van der Waals surface area contributed by atoms with Crippen molar-refractivity contribution >= 4 is 17.9 Å². The van der Waals surface area contributed by atoms with E-state index in [-0.39, 0.29) is 6.42 Å². The first-order chi connectivity index (χ1) is 13.4. The molecule has 0 radical (unpaired) electrons. The lowest BCUT2D eigenvalue weighted by atomic mass is 9.87. The van der Waals surface area contributed by atoms with Crippen LogP contribution in [-0.4, -0.2) is 49.9 Å². The predicted octanol–water partition coefficient (Wildman–Crippen LogP) is 3.47. The molecule has 0 aliphatic carbocycles. The van der Waals surface area contributed by atoms with Gasteiger partial charge in [0.05, 0.1) is 26.9 Å². The van der Waals surface area contributed by atoms with Gasteiger partial charge in [0.2, 0.25) is 0 Å². The number of unbranched alkanes of at least 4 members (excludes halogenated alkanes) is 9. The van der Waals surface area contributed by atoms with Crippen molar-refractivity contribution in [2.75, 3.05) is 21.3 Å². The van der Waals surface area contributed by atoms with E-state index in [0.29, 0.717) is 6.42 Å². The van der Waals surface area contributed by atoms with Crippen LogP contribution in [0.3, 0.4) is 0 Å². The smallest absolute Gasteiger partial charge is 0.342 e. The van der Waals surface area contributed by atoms with E-state index in [1.165, 1.54) is 38.5 Å². The molecule has 0 unspecified atom stereocenters. The highest BCUT2D eigenvalue weighted by Gasteiger charge is 2.45. The van der Waals surface area contributed by atoms with Crippen LogP contribution in [0.4, 0.5) is 0 Å². The molecule has 0 rings (SSSR count). The second kappa shape index (κ2) is 15.1. The Morgan fingerprint density at radius 3 is 1.71 bits per heavy atom. The topological polar surface area (TPSA) is 99.1 Å². The van der Waals surface area contributed by atoms with Crippen molar-refractivity contribution in [2.24, 2.45) is 0 Å². The fourth-order valence-electron chi connectivity index (χ4n) is 3.02. The van der Waals surface area contributed by atoms with Crippen LogP contribution in [0.15, 0.2) is 11.6 Å². The Kier molecular flexibility index (Phi) is 14.1. The molecule has 28 heavy (non-hydrogen) atoms. The molecule has 0 fully saturated rings. The summed E-state index contributed by atoms with van der Waals surface area (Å²) >= 11 is 0. The molecular weight excluding hydrogens is 364 g/mol. The van der Waals surface area contributed by atoms with Gasteiger partial charge in [0.25, 0.3) is 0 Å². The molecule has 162 valence electrons.